The number of halogens is 1. The van der Waals surface area contributed by atoms with Crippen molar-refractivity contribution in [2.45, 2.75) is 25.8 Å². The van der Waals surface area contributed by atoms with Crippen molar-refractivity contribution in [2.24, 2.45) is 0 Å². The smallest absolute Gasteiger partial charge is 0.0701 e. The summed E-state index contributed by atoms with van der Waals surface area (Å²) >= 11 is 5.23. The molecule has 18 heavy (non-hydrogen) atoms. The number of rotatable bonds is 5. The van der Waals surface area contributed by atoms with Crippen LogP contribution in [0.15, 0.2) is 33.6 Å². The number of likely N-dealkylation sites (N-methyl/N-ethyl adjacent to an activating group) is 1. The molecule has 0 amide bonds. The molecule has 2 heterocycles. The van der Waals surface area contributed by atoms with Crippen LogP contribution in [0.2, 0.25) is 0 Å². The number of nitrogens with zero attached hydrogens (tertiary/aromatic N) is 1. The summed E-state index contributed by atoms with van der Waals surface area (Å²) in [6, 6.07) is 6.79. The van der Waals surface area contributed by atoms with E-state index in [2.05, 4.69) is 56.7 Å². The molecule has 2 aromatic heterocycles. The van der Waals surface area contributed by atoms with Crippen molar-refractivity contribution in [3.05, 3.63) is 50.4 Å². The third kappa shape index (κ3) is 3.40. The first kappa shape index (κ1) is 13.7. The van der Waals surface area contributed by atoms with E-state index in [0.29, 0.717) is 6.04 Å². The first-order valence-corrected chi connectivity index (χ1v) is 7.75. The molecule has 0 aliphatic rings. The molecule has 2 aromatic rings. The number of thiophene rings is 1. The Kier molecular flexibility index (Phi) is 4.92. The summed E-state index contributed by atoms with van der Waals surface area (Å²) in [7, 11) is 2.00. The molecule has 0 bridgehead atoms. The van der Waals surface area contributed by atoms with Gasteiger partial charge < -0.3 is 5.32 Å². The Morgan fingerprint density at radius 3 is 2.78 bits per heavy atom. The summed E-state index contributed by atoms with van der Waals surface area (Å²) < 4.78 is 1.17. The van der Waals surface area contributed by atoms with Gasteiger partial charge in [0.15, 0.2) is 0 Å². The lowest BCUT2D eigenvalue weighted by molar-refractivity contribution is 0.586. The van der Waals surface area contributed by atoms with E-state index in [1.165, 1.54) is 14.9 Å². The van der Waals surface area contributed by atoms with Gasteiger partial charge in [0.2, 0.25) is 0 Å². The van der Waals surface area contributed by atoms with E-state index in [4.69, 9.17) is 0 Å². The molecule has 0 saturated heterocycles. The number of pyridine rings is 1. The van der Waals surface area contributed by atoms with Crippen LogP contribution in [0, 0.1) is 0 Å². The summed E-state index contributed by atoms with van der Waals surface area (Å²) in [5.74, 6) is 0. The van der Waals surface area contributed by atoms with Crippen LogP contribution in [0.1, 0.15) is 29.8 Å². The second-order valence-electron chi connectivity index (χ2n) is 4.24. The van der Waals surface area contributed by atoms with E-state index < -0.39 is 0 Å². The van der Waals surface area contributed by atoms with Crippen molar-refractivity contribution in [3.63, 3.8) is 0 Å². The highest BCUT2D eigenvalue weighted by atomic mass is 79.9. The summed E-state index contributed by atoms with van der Waals surface area (Å²) in [5.41, 5.74) is 3.74. The second kappa shape index (κ2) is 6.45. The van der Waals surface area contributed by atoms with Crippen LogP contribution in [0.25, 0.3) is 0 Å². The van der Waals surface area contributed by atoms with Gasteiger partial charge in [0, 0.05) is 24.4 Å². The average Bonchev–Trinajstić information content (AvgIpc) is 2.83. The molecule has 96 valence electrons. The summed E-state index contributed by atoms with van der Waals surface area (Å²) in [6.07, 6.45) is 3.94. The third-order valence-corrected chi connectivity index (χ3v) is 4.57. The topological polar surface area (TPSA) is 24.9 Å². The molecule has 4 heteroatoms. The number of aromatic nitrogens is 1. The van der Waals surface area contributed by atoms with Crippen LogP contribution in [0.5, 0.6) is 0 Å². The van der Waals surface area contributed by atoms with Crippen LogP contribution in [-0.2, 0) is 12.8 Å². The van der Waals surface area contributed by atoms with Gasteiger partial charge in [-0.2, -0.15) is 0 Å². The van der Waals surface area contributed by atoms with Gasteiger partial charge in [0.25, 0.3) is 0 Å². The van der Waals surface area contributed by atoms with Crippen molar-refractivity contribution in [1.29, 1.82) is 0 Å². The van der Waals surface area contributed by atoms with Gasteiger partial charge in [-0.25, -0.2) is 0 Å². The Balaban J connectivity index is 2.10. The Bertz CT molecular complexity index is 493. The van der Waals surface area contributed by atoms with Gasteiger partial charge in [-0.05, 0) is 58.0 Å². The van der Waals surface area contributed by atoms with Gasteiger partial charge in [-0.1, -0.05) is 13.0 Å². The van der Waals surface area contributed by atoms with Gasteiger partial charge >= 0.3 is 0 Å². The lowest BCUT2D eigenvalue weighted by Crippen LogP contribution is -2.18. The Morgan fingerprint density at radius 1 is 1.44 bits per heavy atom. The van der Waals surface area contributed by atoms with Crippen molar-refractivity contribution in [1.82, 2.24) is 10.3 Å². The van der Waals surface area contributed by atoms with Gasteiger partial charge in [0.1, 0.15) is 0 Å². The maximum Gasteiger partial charge on any atom is 0.0701 e. The fourth-order valence-electron chi connectivity index (χ4n) is 1.89. The first-order chi connectivity index (χ1) is 8.72. The van der Waals surface area contributed by atoms with Gasteiger partial charge in [0.05, 0.1) is 3.79 Å². The largest absolute Gasteiger partial charge is 0.313 e. The fourth-order valence-corrected chi connectivity index (χ4v) is 3.12. The quantitative estimate of drug-likeness (QED) is 0.900. The Labute approximate surface area is 121 Å². The third-order valence-electron chi connectivity index (χ3n) is 3.05. The van der Waals surface area contributed by atoms with E-state index in [1.807, 2.05) is 13.2 Å². The summed E-state index contributed by atoms with van der Waals surface area (Å²) in [6.45, 7) is 2.15. The predicted octanol–water partition coefficient (Wildman–Crippen LogP) is 3.97. The zero-order valence-corrected chi connectivity index (χ0v) is 13.0. The molecular formula is C14H17BrN2S. The van der Waals surface area contributed by atoms with Crippen LogP contribution in [0.4, 0.5) is 0 Å². The maximum atomic E-state index is 4.52. The van der Waals surface area contributed by atoms with E-state index in [-0.39, 0.29) is 0 Å². The molecular weight excluding hydrogens is 308 g/mol. The number of aryl methyl sites for hydroxylation is 1. The molecule has 0 saturated carbocycles. The maximum absolute atomic E-state index is 4.52. The zero-order chi connectivity index (χ0) is 13.0. The summed E-state index contributed by atoms with van der Waals surface area (Å²) in [5, 5.41) is 5.54. The van der Waals surface area contributed by atoms with Crippen molar-refractivity contribution >= 4 is 27.3 Å². The lowest BCUT2D eigenvalue weighted by Gasteiger charge is -2.14. The average molecular weight is 325 g/mol. The Morgan fingerprint density at radius 2 is 2.28 bits per heavy atom. The number of hydrogen-bond donors (Lipinski definition) is 1. The van der Waals surface area contributed by atoms with Crippen molar-refractivity contribution < 1.29 is 0 Å². The van der Waals surface area contributed by atoms with E-state index in [1.54, 1.807) is 11.3 Å². The standard InChI is InChI=1S/C14H17BrN2S/c1-3-10-4-5-12(17-8-10)7-13(16-2)11-6-14(15)18-9-11/h4-6,8-9,13,16H,3,7H2,1-2H3. The molecule has 1 unspecified atom stereocenters. The minimum absolute atomic E-state index is 0.326. The molecule has 0 fully saturated rings. The van der Waals surface area contributed by atoms with Gasteiger partial charge in [-0.15, -0.1) is 11.3 Å². The van der Waals surface area contributed by atoms with Crippen LogP contribution >= 0.6 is 27.3 Å². The zero-order valence-electron chi connectivity index (χ0n) is 10.6. The molecule has 0 spiro atoms. The molecule has 1 N–H and O–H groups in total. The Hall–Kier alpha value is -0.710. The summed E-state index contributed by atoms with van der Waals surface area (Å²) in [4.78, 5) is 4.52. The minimum atomic E-state index is 0.326. The van der Waals surface area contributed by atoms with E-state index in [0.717, 1.165) is 18.5 Å². The molecule has 2 nitrogen and oxygen atoms in total. The van der Waals surface area contributed by atoms with Crippen LogP contribution in [-0.4, -0.2) is 12.0 Å². The fraction of sp³-hybridized carbons (Fsp3) is 0.357. The molecule has 2 rings (SSSR count). The molecule has 0 aromatic carbocycles. The van der Waals surface area contributed by atoms with E-state index in [9.17, 15) is 0 Å². The van der Waals surface area contributed by atoms with Gasteiger partial charge in [-0.3, -0.25) is 4.98 Å². The normalized spacial score (nSPS) is 12.6. The predicted molar refractivity (Wildman–Crippen MR) is 81.1 cm³/mol. The minimum Gasteiger partial charge on any atom is -0.313 e. The first-order valence-electron chi connectivity index (χ1n) is 6.08. The highest BCUT2D eigenvalue weighted by molar-refractivity contribution is 9.11. The molecule has 0 aliphatic carbocycles. The SMILES string of the molecule is CCc1ccc(CC(NC)c2csc(Br)c2)nc1. The number of hydrogen-bond acceptors (Lipinski definition) is 3. The van der Waals surface area contributed by atoms with E-state index >= 15 is 0 Å². The molecule has 1 atom stereocenters. The molecule has 0 radical (unpaired) electrons. The van der Waals surface area contributed by atoms with Crippen molar-refractivity contribution in [3.8, 4) is 0 Å². The molecule has 0 aliphatic heterocycles. The highest BCUT2D eigenvalue weighted by Gasteiger charge is 2.12. The van der Waals surface area contributed by atoms with Crippen LogP contribution < -0.4 is 5.32 Å². The van der Waals surface area contributed by atoms with Crippen LogP contribution in [0.3, 0.4) is 0 Å². The van der Waals surface area contributed by atoms with Crippen molar-refractivity contribution in [2.75, 3.05) is 7.05 Å². The second-order valence-corrected chi connectivity index (χ2v) is 6.53. The monoisotopic (exact) mass is 324 g/mol. The number of nitrogens with one attached hydrogen (secondary N) is 1. The highest BCUT2D eigenvalue weighted by Crippen LogP contribution is 2.26. The lowest BCUT2D eigenvalue weighted by atomic mass is 10.0.